The Morgan fingerprint density at radius 1 is 1.60 bits per heavy atom. The molecule has 0 rings (SSSR count). The van der Waals surface area contributed by atoms with Gasteiger partial charge in [0.05, 0.1) is 5.60 Å². The number of hydrogen-bond donors (Lipinski definition) is 1. The summed E-state index contributed by atoms with van der Waals surface area (Å²) in [5, 5.41) is 0. The van der Waals surface area contributed by atoms with Gasteiger partial charge in [-0.25, -0.2) is 0 Å². The summed E-state index contributed by atoms with van der Waals surface area (Å²) >= 11 is 0. The third-order valence-corrected chi connectivity index (χ3v) is 1.58. The molecule has 0 aliphatic heterocycles. The van der Waals surface area contributed by atoms with Gasteiger partial charge in [-0.15, -0.1) is 0 Å². The second kappa shape index (κ2) is 4.47. The van der Waals surface area contributed by atoms with E-state index in [1.54, 1.807) is 7.11 Å². The molecular formula is C8H17NO. The number of allylic oxidation sites excluding steroid dienone is 1. The summed E-state index contributed by atoms with van der Waals surface area (Å²) < 4.78 is 5.18. The van der Waals surface area contributed by atoms with E-state index in [1.165, 1.54) is 0 Å². The van der Waals surface area contributed by atoms with Gasteiger partial charge in [-0.1, -0.05) is 19.1 Å². The van der Waals surface area contributed by atoms with Crippen molar-refractivity contribution in [2.24, 2.45) is 5.73 Å². The summed E-state index contributed by atoms with van der Waals surface area (Å²) in [4.78, 5) is 0. The molecule has 0 aromatic heterocycles. The first-order valence-corrected chi connectivity index (χ1v) is 3.61. The van der Waals surface area contributed by atoms with E-state index in [-0.39, 0.29) is 5.60 Å². The molecule has 2 N–H and O–H groups in total. The number of hydrogen-bond acceptors (Lipinski definition) is 2. The Balaban J connectivity index is 3.92. The van der Waals surface area contributed by atoms with Crippen molar-refractivity contribution in [1.29, 1.82) is 0 Å². The molecule has 0 aromatic rings. The van der Waals surface area contributed by atoms with Gasteiger partial charge in [0.2, 0.25) is 0 Å². The number of methoxy groups -OCH3 is 1. The minimum absolute atomic E-state index is 0.268. The van der Waals surface area contributed by atoms with Crippen LogP contribution in [0.4, 0.5) is 0 Å². The Kier molecular flexibility index (Phi) is 4.32. The average molecular weight is 143 g/mol. The van der Waals surface area contributed by atoms with Crippen LogP contribution in [0.1, 0.15) is 20.3 Å². The number of nitrogens with two attached hydrogens (primary N) is 1. The highest BCUT2D eigenvalue weighted by Gasteiger charge is 2.15. The maximum atomic E-state index is 5.48. The molecule has 1 atom stereocenters. The number of ether oxygens (including phenoxy) is 1. The topological polar surface area (TPSA) is 35.2 Å². The highest BCUT2D eigenvalue weighted by atomic mass is 16.5. The van der Waals surface area contributed by atoms with Gasteiger partial charge in [0.25, 0.3) is 0 Å². The van der Waals surface area contributed by atoms with Crippen LogP contribution in [0.15, 0.2) is 12.2 Å². The molecule has 0 aliphatic carbocycles. The molecule has 0 radical (unpaired) electrons. The first-order valence-electron chi connectivity index (χ1n) is 3.61. The zero-order valence-corrected chi connectivity index (χ0v) is 7.05. The zero-order valence-electron chi connectivity index (χ0n) is 7.05. The van der Waals surface area contributed by atoms with Crippen LogP contribution in [-0.2, 0) is 4.74 Å². The van der Waals surface area contributed by atoms with Crippen molar-refractivity contribution in [3.8, 4) is 0 Å². The lowest BCUT2D eigenvalue weighted by molar-refractivity contribution is 0.0563. The maximum absolute atomic E-state index is 5.48. The van der Waals surface area contributed by atoms with Gasteiger partial charge >= 0.3 is 0 Å². The molecule has 0 saturated carbocycles. The van der Waals surface area contributed by atoms with Gasteiger partial charge in [0.15, 0.2) is 0 Å². The second-order valence-corrected chi connectivity index (χ2v) is 2.53. The van der Waals surface area contributed by atoms with Crippen molar-refractivity contribution in [3.05, 3.63) is 12.2 Å². The van der Waals surface area contributed by atoms with Crippen LogP contribution in [-0.4, -0.2) is 19.3 Å². The van der Waals surface area contributed by atoms with Gasteiger partial charge in [-0.2, -0.15) is 0 Å². The van der Waals surface area contributed by atoms with E-state index in [0.717, 1.165) is 6.42 Å². The van der Waals surface area contributed by atoms with E-state index >= 15 is 0 Å². The largest absolute Gasteiger partial charge is 0.373 e. The van der Waals surface area contributed by atoms with Gasteiger partial charge in [-0.3, -0.25) is 0 Å². The Bertz CT molecular complexity index is 106. The SMILES string of the molecule is CC/C=C/C(C)(CN)OC. The predicted molar refractivity (Wildman–Crippen MR) is 43.9 cm³/mol. The van der Waals surface area contributed by atoms with Gasteiger partial charge in [-0.05, 0) is 13.3 Å². The monoisotopic (exact) mass is 143 g/mol. The third kappa shape index (κ3) is 2.99. The summed E-state index contributed by atoms with van der Waals surface area (Å²) in [6.45, 7) is 4.59. The predicted octanol–water partition coefficient (Wildman–Crippen LogP) is 1.32. The minimum Gasteiger partial charge on any atom is -0.373 e. The standard InChI is InChI=1S/C8H17NO/c1-4-5-6-8(2,7-9)10-3/h5-6H,4,7,9H2,1-3H3/b6-5+. The highest BCUT2D eigenvalue weighted by molar-refractivity contribution is 4.99. The molecule has 2 heteroatoms. The van der Waals surface area contributed by atoms with Crippen LogP contribution in [0.5, 0.6) is 0 Å². The lowest BCUT2D eigenvalue weighted by atomic mass is 10.1. The fourth-order valence-electron chi connectivity index (χ4n) is 0.587. The van der Waals surface area contributed by atoms with E-state index in [4.69, 9.17) is 10.5 Å². The number of rotatable bonds is 4. The molecule has 0 spiro atoms. The molecule has 0 bridgehead atoms. The normalized spacial score (nSPS) is 17.6. The molecule has 10 heavy (non-hydrogen) atoms. The van der Waals surface area contributed by atoms with E-state index in [0.29, 0.717) is 6.54 Å². The fraction of sp³-hybridized carbons (Fsp3) is 0.750. The molecule has 0 aromatic carbocycles. The van der Waals surface area contributed by atoms with Gasteiger partial charge in [0, 0.05) is 13.7 Å². The molecule has 0 fully saturated rings. The molecule has 0 heterocycles. The smallest absolute Gasteiger partial charge is 0.0952 e. The molecule has 60 valence electrons. The highest BCUT2D eigenvalue weighted by Crippen LogP contribution is 2.08. The van der Waals surface area contributed by atoms with Crippen molar-refractivity contribution in [2.45, 2.75) is 25.9 Å². The van der Waals surface area contributed by atoms with Crippen LogP contribution >= 0.6 is 0 Å². The molecular weight excluding hydrogens is 126 g/mol. The van der Waals surface area contributed by atoms with Crippen molar-refractivity contribution in [2.75, 3.05) is 13.7 Å². The second-order valence-electron chi connectivity index (χ2n) is 2.53. The quantitative estimate of drug-likeness (QED) is 0.602. The average Bonchev–Trinajstić information content (AvgIpc) is 2.00. The lowest BCUT2D eigenvalue weighted by Gasteiger charge is -2.21. The van der Waals surface area contributed by atoms with Gasteiger partial charge < -0.3 is 10.5 Å². The summed E-state index contributed by atoms with van der Waals surface area (Å²) in [7, 11) is 1.67. The van der Waals surface area contributed by atoms with Crippen molar-refractivity contribution in [1.82, 2.24) is 0 Å². The van der Waals surface area contributed by atoms with E-state index in [9.17, 15) is 0 Å². The van der Waals surface area contributed by atoms with E-state index in [1.807, 2.05) is 13.0 Å². The van der Waals surface area contributed by atoms with E-state index < -0.39 is 0 Å². The van der Waals surface area contributed by atoms with Crippen LogP contribution in [0, 0.1) is 0 Å². The minimum atomic E-state index is -0.268. The third-order valence-electron chi connectivity index (χ3n) is 1.58. The molecule has 0 aliphatic rings. The Morgan fingerprint density at radius 3 is 2.50 bits per heavy atom. The van der Waals surface area contributed by atoms with Gasteiger partial charge in [0.1, 0.15) is 0 Å². The van der Waals surface area contributed by atoms with Crippen LogP contribution < -0.4 is 5.73 Å². The Morgan fingerprint density at radius 2 is 2.20 bits per heavy atom. The molecule has 0 saturated heterocycles. The molecule has 0 amide bonds. The first-order chi connectivity index (χ1) is 4.68. The van der Waals surface area contributed by atoms with Crippen molar-refractivity contribution in [3.63, 3.8) is 0 Å². The Hall–Kier alpha value is -0.340. The molecule has 2 nitrogen and oxygen atoms in total. The fourth-order valence-corrected chi connectivity index (χ4v) is 0.587. The van der Waals surface area contributed by atoms with Crippen LogP contribution in [0.2, 0.25) is 0 Å². The summed E-state index contributed by atoms with van der Waals surface area (Å²) in [6.07, 6.45) is 5.10. The summed E-state index contributed by atoms with van der Waals surface area (Å²) in [6, 6.07) is 0. The lowest BCUT2D eigenvalue weighted by Crippen LogP contribution is -2.34. The van der Waals surface area contributed by atoms with Crippen LogP contribution in [0.25, 0.3) is 0 Å². The first kappa shape index (κ1) is 9.66. The van der Waals surface area contributed by atoms with E-state index in [2.05, 4.69) is 13.0 Å². The summed E-state index contributed by atoms with van der Waals surface area (Å²) in [5.74, 6) is 0. The molecule has 1 unspecified atom stereocenters. The van der Waals surface area contributed by atoms with Crippen LogP contribution in [0.3, 0.4) is 0 Å². The van der Waals surface area contributed by atoms with Crippen molar-refractivity contribution < 1.29 is 4.74 Å². The Labute approximate surface area is 63.1 Å². The zero-order chi connectivity index (χ0) is 8.04. The summed E-state index contributed by atoms with van der Waals surface area (Å²) in [5.41, 5.74) is 5.21. The van der Waals surface area contributed by atoms with Crippen molar-refractivity contribution >= 4 is 0 Å². The maximum Gasteiger partial charge on any atom is 0.0952 e.